The zero-order valence-electron chi connectivity index (χ0n) is 16.6. The van der Waals surface area contributed by atoms with Crippen LogP contribution in [0.3, 0.4) is 0 Å². The largest absolute Gasteiger partial charge is 0.345 e. The molecule has 1 aliphatic rings. The van der Waals surface area contributed by atoms with Crippen molar-refractivity contribution in [2.24, 2.45) is 0 Å². The van der Waals surface area contributed by atoms with E-state index in [-0.39, 0.29) is 11.7 Å². The quantitative estimate of drug-likeness (QED) is 0.535. The van der Waals surface area contributed by atoms with Crippen LogP contribution in [0.25, 0.3) is 10.2 Å². The van der Waals surface area contributed by atoms with Crippen molar-refractivity contribution in [3.8, 4) is 0 Å². The fourth-order valence-electron chi connectivity index (χ4n) is 3.47. The van der Waals surface area contributed by atoms with E-state index in [0.717, 1.165) is 28.6 Å². The Balaban J connectivity index is 1.35. The first-order chi connectivity index (χ1) is 14.0. The molecule has 4 rings (SSSR count). The second-order valence-electron chi connectivity index (χ2n) is 7.46. The van der Waals surface area contributed by atoms with Gasteiger partial charge in [-0.3, -0.25) is 4.79 Å². The molecule has 0 bridgehead atoms. The molecular weight excluding hydrogens is 405 g/mol. The van der Waals surface area contributed by atoms with Crippen molar-refractivity contribution in [1.29, 1.82) is 0 Å². The highest BCUT2D eigenvalue weighted by Gasteiger charge is 2.23. The van der Waals surface area contributed by atoms with Crippen LogP contribution in [0.5, 0.6) is 0 Å². The average Bonchev–Trinajstić information content (AvgIpc) is 3.17. The third-order valence-electron chi connectivity index (χ3n) is 5.14. The van der Waals surface area contributed by atoms with E-state index in [1.807, 2.05) is 4.90 Å². The number of anilines is 1. The monoisotopic (exact) mass is 429 g/mol. The molecule has 0 saturated carbocycles. The number of fused-ring (bicyclic) bond motifs is 1. The van der Waals surface area contributed by atoms with Gasteiger partial charge in [-0.1, -0.05) is 37.3 Å². The molecule has 0 aliphatic carbocycles. The van der Waals surface area contributed by atoms with Gasteiger partial charge in [0.05, 0.1) is 16.0 Å². The first-order valence-corrected chi connectivity index (χ1v) is 11.6. The third-order valence-corrected chi connectivity index (χ3v) is 7.22. The summed E-state index contributed by atoms with van der Waals surface area (Å²) >= 11 is 3.18. The van der Waals surface area contributed by atoms with E-state index < -0.39 is 0 Å². The van der Waals surface area contributed by atoms with Gasteiger partial charge in [-0.25, -0.2) is 9.37 Å². The summed E-state index contributed by atoms with van der Waals surface area (Å²) in [6, 6.07) is 12.7. The van der Waals surface area contributed by atoms with Crippen LogP contribution in [0, 0.1) is 5.82 Å². The lowest BCUT2D eigenvalue weighted by molar-refractivity contribution is -0.128. The van der Waals surface area contributed by atoms with Crippen LogP contribution in [-0.4, -0.2) is 47.7 Å². The van der Waals surface area contributed by atoms with Crippen molar-refractivity contribution in [2.45, 2.75) is 24.7 Å². The van der Waals surface area contributed by atoms with Crippen molar-refractivity contribution in [3.05, 3.63) is 53.8 Å². The lowest BCUT2D eigenvalue weighted by atomic mass is 10.0. The summed E-state index contributed by atoms with van der Waals surface area (Å²) in [4.78, 5) is 22.6. The van der Waals surface area contributed by atoms with E-state index >= 15 is 0 Å². The number of halogens is 1. The van der Waals surface area contributed by atoms with Crippen LogP contribution in [-0.2, 0) is 4.79 Å². The summed E-state index contributed by atoms with van der Waals surface area (Å²) in [5.74, 6) is 0.698. The molecule has 4 nitrogen and oxygen atoms in total. The molecule has 1 saturated heterocycles. The summed E-state index contributed by atoms with van der Waals surface area (Å²) in [6.07, 6.45) is 0. The molecule has 3 aromatic rings. The van der Waals surface area contributed by atoms with Crippen LogP contribution in [0.1, 0.15) is 25.3 Å². The predicted molar refractivity (Wildman–Crippen MR) is 120 cm³/mol. The Morgan fingerprint density at radius 2 is 1.86 bits per heavy atom. The summed E-state index contributed by atoms with van der Waals surface area (Å²) in [5.41, 5.74) is 2.40. The number of thiazole rings is 1. The first-order valence-electron chi connectivity index (χ1n) is 9.82. The van der Waals surface area contributed by atoms with Gasteiger partial charge < -0.3 is 9.80 Å². The van der Waals surface area contributed by atoms with Gasteiger partial charge in [0.25, 0.3) is 0 Å². The highest BCUT2D eigenvalue weighted by molar-refractivity contribution is 8.00. The molecule has 0 unspecified atom stereocenters. The van der Waals surface area contributed by atoms with Gasteiger partial charge in [0.2, 0.25) is 5.91 Å². The number of thioether (sulfide) groups is 1. The maximum absolute atomic E-state index is 13.0. The molecule has 0 atom stereocenters. The second-order valence-corrected chi connectivity index (χ2v) is 9.51. The third kappa shape index (κ3) is 4.56. The number of carbonyl (C=O) groups excluding carboxylic acids is 1. The standard InChI is InChI=1S/C22H24FN3OS2/c1-15(2)18-4-3-5-19-21(18)24-22(29-19)26-12-10-25(11-13-26)20(27)14-28-17-8-6-16(23)7-9-17/h3-9,15H,10-14H2,1-2H3. The van der Waals surface area contributed by atoms with E-state index in [9.17, 15) is 9.18 Å². The Bertz CT molecular complexity index is 995. The summed E-state index contributed by atoms with van der Waals surface area (Å²) < 4.78 is 14.2. The van der Waals surface area contributed by atoms with E-state index in [1.54, 1.807) is 23.5 Å². The molecule has 1 aliphatic heterocycles. The summed E-state index contributed by atoms with van der Waals surface area (Å²) in [7, 11) is 0. The van der Waals surface area contributed by atoms with Gasteiger partial charge >= 0.3 is 0 Å². The molecule has 0 radical (unpaired) electrons. The summed E-state index contributed by atoms with van der Waals surface area (Å²) in [6.45, 7) is 7.39. The maximum Gasteiger partial charge on any atom is 0.233 e. The van der Waals surface area contributed by atoms with Crippen LogP contribution in [0.2, 0.25) is 0 Å². The number of aromatic nitrogens is 1. The minimum atomic E-state index is -0.257. The van der Waals surface area contributed by atoms with Gasteiger partial charge in [-0.2, -0.15) is 0 Å². The molecule has 1 fully saturated rings. The number of piperazine rings is 1. The predicted octanol–water partition coefficient (Wildman–Crippen LogP) is 5.00. The number of nitrogens with zero attached hydrogens (tertiary/aromatic N) is 3. The molecular formula is C22H24FN3OS2. The maximum atomic E-state index is 13.0. The number of hydrogen-bond acceptors (Lipinski definition) is 5. The highest BCUT2D eigenvalue weighted by atomic mass is 32.2. The molecule has 1 aromatic heterocycles. The van der Waals surface area contributed by atoms with Gasteiger partial charge in [-0.05, 0) is 41.8 Å². The number of carbonyl (C=O) groups is 1. The molecule has 2 heterocycles. The smallest absolute Gasteiger partial charge is 0.233 e. The molecule has 0 N–H and O–H groups in total. The van der Waals surface area contributed by atoms with Gasteiger partial charge in [0.15, 0.2) is 5.13 Å². The van der Waals surface area contributed by atoms with Crippen LogP contribution >= 0.6 is 23.1 Å². The fraction of sp³-hybridized carbons (Fsp3) is 0.364. The SMILES string of the molecule is CC(C)c1cccc2sc(N3CCN(C(=O)CSc4ccc(F)cc4)CC3)nc12. The van der Waals surface area contributed by atoms with Crippen molar-refractivity contribution in [3.63, 3.8) is 0 Å². The minimum Gasteiger partial charge on any atom is -0.345 e. The van der Waals surface area contributed by atoms with Crippen molar-refractivity contribution in [2.75, 3.05) is 36.8 Å². The van der Waals surface area contributed by atoms with Crippen LogP contribution < -0.4 is 4.90 Å². The summed E-state index contributed by atoms with van der Waals surface area (Å²) in [5, 5.41) is 1.04. The average molecular weight is 430 g/mol. The Morgan fingerprint density at radius 1 is 1.14 bits per heavy atom. The highest BCUT2D eigenvalue weighted by Crippen LogP contribution is 2.33. The molecule has 29 heavy (non-hydrogen) atoms. The molecule has 7 heteroatoms. The lowest BCUT2D eigenvalue weighted by Gasteiger charge is -2.34. The minimum absolute atomic E-state index is 0.130. The van der Waals surface area contributed by atoms with Crippen molar-refractivity contribution < 1.29 is 9.18 Å². The van der Waals surface area contributed by atoms with Crippen molar-refractivity contribution in [1.82, 2.24) is 9.88 Å². The number of para-hydroxylation sites is 1. The van der Waals surface area contributed by atoms with E-state index in [4.69, 9.17) is 4.98 Å². The Hall–Kier alpha value is -2.12. The Morgan fingerprint density at radius 3 is 2.55 bits per heavy atom. The van der Waals surface area contributed by atoms with Crippen LogP contribution in [0.4, 0.5) is 9.52 Å². The number of amides is 1. The number of rotatable bonds is 5. The van der Waals surface area contributed by atoms with Crippen LogP contribution in [0.15, 0.2) is 47.4 Å². The zero-order valence-corrected chi connectivity index (χ0v) is 18.2. The molecule has 0 spiro atoms. The second kappa shape index (κ2) is 8.71. The fourth-order valence-corrected chi connectivity index (χ4v) is 5.33. The van der Waals surface area contributed by atoms with Gasteiger partial charge in [0.1, 0.15) is 5.82 Å². The van der Waals surface area contributed by atoms with E-state index in [2.05, 4.69) is 36.9 Å². The zero-order chi connectivity index (χ0) is 20.4. The Labute approximate surface area is 178 Å². The first kappa shape index (κ1) is 20.2. The number of hydrogen-bond donors (Lipinski definition) is 0. The molecule has 152 valence electrons. The van der Waals surface area contributed by atoms with E-state index in [1.165, 1.54) is 34.2 Å². The topological polar surface area (TPSA) is 36.4 Å². The van der Waals surface area contributed by atoms with E-state index in [0.29, 0.717) is 24.8 Å². The molecule has 1 amide bonds. The lowest BCUT2D eigenvalue weighted by Crippen LogP contribution is -2.49. The normalized spacial score (nSPS) is 14.8. The van der Waals surface area contributed by atoms with Gasteiger partial charge in [-0.15, -0.1) is 11.8 Å². The Kier molecular flexibility index (Phi) is 6.06. The number of benzene rings is 2. The van der Waals surface area contributed by atoms with Crippen molar-refractivity contribution >= 4 is 44.4 Å². The molecule has 2 aromatic carbocycles. The van der Waals surface area contributed by atoms with Gasteiger partial charge in [0, 0.05) is 31.1 Å².